The molecule has 0 amide bonds. The molecule has 0 radical (unpaired) electrons. The maximum atomic E-state index is 10.4. The van der Waals surface area contributed by atoms with Crippen LogP contribution < -0.4 is 0 Å². The van der Waals surface area contributed by atoms with Gasteiger partial charge < -0.3 is 13.1 Å². The minimum absolute atomic E-state index is 0. The second-order valence-electron chi connectivity index (χ2n) is 3.48. The van der Waals surface area contributed by atoms with Gasteiger partial charge in [-0.3, -0.25) is 9.59 Å². The van der Waals surface area contributed by atoms with Crippen LogP contribution in [0.2, 0.25) is 0 Å². The standard InChI is InChI=1S/C7H12O4.Ca.2H/c1-7(2,3)4(5(8)9)6(10)11;;;/h4H,1-3H3,(H,8,9)(H,10,11);;;/q;+2;2*-1. The summed E-state index contributed by atoms with van der Waals surface area (Å²) in [6, 6.07) is 0. The van der Waals surface area contributed by atoms with Crippen LogP contribution in [-0.4, -0.2) is 59.9 Å². The van der Waals surface area contributed by atoms with Crippen LogP contribution in [0.1, 0.15) is 23.6 Å². The molecular weight excluding hydrogens is 188 g/mol. The van der Waals surface area contributed by atoms with Crippen LogP contribution in [0.4, 0.5) is 0 Å². The minimum atomic E-state index is -1.33. The molecule has 0 unspecified atom stereocenters. The van der Waals surface area contributed by atoms with E-state index in [2.05, 4.69) is 0 Å². The smallest absolute Gasteiger partial charge is 1.00 e. The molecule has 0 fully saturated rings. The van der Waals surface area contributed by atoms with Crippen molar-refractivity contribution < 1.29 is 22.7 Å². The van der Waals surface area contributed by atoms with Crippen molar-refractivity contribution in [2.24, 2.45) is 11.3 Å². The number of aliphatic carboxylic acids is 2. The zero-order valence-corrected chi connectivity index (χ0v) is 9.70. The molecule has 0 saturated carbocycles. The van der Waals surface area contributed by atoms with Gasteiger partial charge in [0, 0.05) is 0 Å². The molecule has 0 heterocycles. The molecule has 0 bridgehead atoms. The Kier molecular flexibility index (Phi) is 6.18. The number of carboxylic acid groups (broad SMARTS) is 2. The molecular formula is C7H14CaO4. The van der Waals surface area contributed by atoms with Crippen LogP contribution in [0.3, 0.4) is 0 Å². The summed E-state index contributed by atoms with van der Waals surface area (Å²) in [6.45, 7) is 4.75. The van der Waals surface area contributed by atoms with E-state index in [0.29, 0.717) is 0 Å². The third-order valence-electron chi connectivity index (χ3n) is 1.36. The van der Waals surface area contributed by atoms with Crippen LogP contribution in [0.25, 0.3) is 0 Å². The van der Waals surface area contributed by atoms with Crippen molar-refractivity contribution in [2.45, 2.75) is 20.8 Å². The van der Waals surface area contributed by atoms with E-state index in [9.17, 15) is 9.59 Å². The van der Waals surface area contributed by atoms with Crippen molar-refractivity contribution in [3.63, 3.8) is 0 Å². The molecule has 0 spiro atoms. The maximum absolute atomic E-state index is 10.4. The maximum Gasteiger partial charge on any atom is 2.00 e. The van der Waals surface area contributed by atoms with Crippen molar-refractivity contribution in [2.75, 3.05) is 0 Å². The zero-order valence-electron chi connectivity index (χ0n) is 9.50. The fourth-order valence-corrected chi connectivity index (χ4v) is 0.846. The van der Waals surface area contributed by atoms with Crippen LogP contribution in [0.15, 0.2) is 0 Å². The van der Waals surface area contributed by atoms with Gasteiger partial charge in [0.1, 0.15) is 0 Å². The van der Waals surface area contributed by atoms with E-state index in [1.54, 1.807) is 20.8 Å². The summed E-state index contributed by atoms with van der Waals surface area (Å²) in [5.74, 6) is -3.91. The Morgan fingerprint density at radius 2 is 1.42 bits per heavy atom. The normalized spacial score (nSPS) is 10.7. The summed E-state index contributed by atoms with van der Waals surface area (Å²) in [7, 11) is 0. The molecule has 0 aliphatic heterocycles. The van der Waals surface area contributed by atoms with Crippen LogP contribution >= 0.6 is 0 Å². The number of rotatable bonds is 2. The Balaban J connectivity index is -0.000000167. The van der Waals surface area contributed by atoms with Crippen LogP contribution in [0, 0.1) is 11.3 Å². The zero-order chi connectivity index (χ0) is 9.23. The van der Waals surface area contributed by atoms with Crippen molar-refractivity contribution in [1.82, 2.24) is 0 Å². The first-order valence-electron chi connectivity index (χ1n) is 3.22. The van der Waals surface area contributed by atoms with E-state index in [1.807, 2.05) is 0 Å². The fraction of sp³-hybridized carbons (Fsp3) is 0.714. The third-order valence-corrected chi connectivity index (χ3v) is 1.36. The first-order valence-corrected chi connectivity index (χ1v) is 3.22. The number of carboxylic acids is 2. The molecule has 0 saturated heterocycles. The van der Waals surface area contributed by atoms with E-state index in [-0.39, 0.29) is 40.6 Å². The van der Waals surface area contributed by atoms with Crippen LogP contribution in [0.5, 0.6) is 0 Å². The Labute approximate surface area is 104 Å². The Morgan fingerprint density at radius 1 is 1.17 bits per heavy atom. The van der Waals surface area contributed by atoms with Crippen molar-refractivity contribution >= 4 is 49.7 Å². The molecule has 0 aliphatic carbocycles. The van der Waals surface area contributed by atoms with Gasteiger partial charge >= 0.3 is 49.7 Å². The van der Waals surface area contributed by atoms with Crippen molar-refractivity contribution in [3.8, 4) is 0 Å². The van der Waals surface area contributed by atoms with Gasteiger partial charge in [-0.2, -0.15) is 0 Å². The van der Waals surface area contributed by atoms with E-state index < -0.39 is 23.3 Å². The molecule has 0 aromatic carbocycles. The molecule has 4 nitrogen and oxygen atoms in total. The number of hydrogen-bond acceptors (Lipinski definition) is 2. The molecule has 0 atom stereocenters. The van der Waals surface area contributed by atoms with Gasteiger partial charge in [0.2, 0.25) is 0 Å². The summed E-state index contributed by atoms with van der Waals surface area (Å²) in [5.41, 5.74) is -0.738. The molecule has 0 aromatic heterocycles. The predicted octanol–water partition coefficient (Wildman–Crippen LogP) is 0.662. The van der Waals surface area contributed by atoms with Gasteiger partial charge in [-0.15, -0.1) is 0 Å². The van der Waals surface area contributed by atoms with Crippen molar-refractivity contribution in [3.05, 3.63) is 0 Å². The van der Waals surface area contributed by atoms with Gasteiger partial charge in [0.05, 0.1) is 0 Å². The first-order chi connectivity index (χ1) is 4.76. The Hall–Kier alpha value is 0.200. The second-order valence-corrected chi connectivity index (χ2v) is 3.48. The third kappa shape index (κ3) is 4.28. The average Bonchev–Trinajstić information content (AvgIpc) is 1.54. The van der Waals surface area contributed by atoms with Gasteiger partial charge in [0.15, 0.2) is 5.92 Å². The van der Waals surface area contributed by atoms with Gasteiger partial charge in [-0.1, -0.05) is 20.8 Å². The Bertz CT molecular complexity index is 177. The predicted molar refractivity (Wildman–Crippen MR) is 46.2 cm³/mol. The average molecular weight is 202 g/mol. The summed E-state index contributed by atoms with van der Waals surface area (Å²) < 4.78 is 0. The summed E-state index contributed by atoms with van der Waals surface area (Å²) in [6.07, 6.45) is 0. The topological polar surface area (TPSA) is 74.6 Å². The minimum Gasteiger partial charge on any atom is -1.00 e. The van der Waals surface area contributed by atoms with Crippen molar-refractivity contribution in [1.29, 1.82) is 0 Å². The molecule has 0 rings (SSSR count). The SMILES string of the molecule is CC(C)(C)C(C(=O)O)C(=O)O.[Ca+2].[H-].[H-]. The quantitative estimate of drug-likeness (QED) is 0.509. The second kappa shape index (κ2) is 5.04. The van der Waals surface area contributed by atoms with Crippen LogP contribution in [-0.2, 0) is 9.59 Å². The molecule has 0 aliphatic rings. The van der Waals surface area contributed by atoms with E-state index >= 15 is 0 Å². The number of hydrogen-bond donors (Lipinski definition) is 2. The first kappa shape index (κ1) is 14.7. The molecule has 0 aromatic rings. The van der Waals surface area contributed by atoms with E-state index in [4.69, 9.17) is 10.2 Å². The molecule has 12 heavy (non-hydrogen) atoms. The largest absolute Gasteiger partial charge is 2.00 e. The van der Waals surface area contributed by atoms with Gasteiger partial charge in [-0.25, -0.2) is 0 Å². The number of carbonyl (C=O) groups is 2. The molecule has 5 heteroatoms. The summed E-state index contributed by atoms with van der Waals surface area (Å²) >= 11 is 0. The van der Waals surface area contributed by atoms with E-state index in [1.165, 1.54) is 0 Å². The van der Waals surface area contributed by atoms with Gasteiger partial charge in [-0.05, 0) is 5.41 Å². The molecule has 68 valence electrons. The summed E-state index contributed by atoms with van der Waals surface area (Å²) in [4.78, 5) is 20.8. The fourth-order valence-electron chi connectivity index (χ4n) is 0.846. The molecule has 2 N–H and O–H groups in total. The van der Waals surface area contributed by atoms with Gasteiger partial charge in [0.25, 0.3) is 0 Å². The van der Waals surface area contributed by atoms with E-state index in [0.717, 1.165) is 0 Å². The summed E-state index contributed by atoms with van der Waals surface area (Å²) in [5, 5.41) is 17.0. The Morgan fingerprint density at radius 3 is 1.42 bits per heavy atom. The monoisotopic (exact) mass is 202 g/mol.